The average molecular weight is 485 g/mol. The van der Waals surface area contributed by atoms with Crippen LogP contribution in [-0.4, -0.2) is 23.0 Å². The lowest BCUT2D eigenvalue weighted by Crippen LogP contribution is -2.25. The van der Waals surface area contributed by atoms with E-state index in [-0.39, 0.29) is 0 Å². The fourth-order valence-electron chi connectivity index (χ4n) is 3.51. The van der Waals surface area contributed by atoms with Crippen LogP contribution in [0.2, 0.25) is 5.02 Å². The van der Waals surface area contributed by atoms with Gasteiger partial charge in [-0.3, -0.25) is 9.88 Å². The molecule has 2 aromatic heterocycles. The van der Waals surface area contributed by atoms with Crippen LogP contribution in [0.4, 0.5) is 5.69 Å². The summed E-state index contributed by atoms with van der Waals surface area (Å²) in [5.41, 5.74) is 3.29. The molecule has 30 heavy (non-hydrogen) atoms. The molecule has 4 nitrogen and oxygen atoms in total. The van der Waals surface area contributed by atoms with Crippen molar-refractivity contribution < 1.29 is 4.42 Å². The van der Waals surface area contributed by atoms with Crippen LogP contribution in [-0.2, 0) is 13.1 Å². The first-order valence-corrected chi connectivity index (χ1v) is 11.1. The molecule has 0 aliphatic heterocycles. The third kappa shape index (κ3) is 5.63. The summed E-state index contributed by atoms with van der Waals surface area (Å²) in [6.07, 6.45) is 2.82. The molecule has 1 N–H and O–H groups in total. The van der Waals surface area contributed by atoms with E-state index in [9.17, 15) is 0 Å². The average Bonchev–Trinajstić information content (AvgIpc) is 3.16. The number of hydrogen-bond acceptors (Lipinski definition) is 4. The van der Waals surface area contributed by atoms with E-state index in [1.165, 1.54) is 5.56 Å². The molecule has 0 amide bonds. The van der Waals surface area contributed by atoms with Gasteiger partial charge in [0, 0.05) is 41.9 Å². The molecule has 4 rings (SSSR count). The molecule has 0 bridgehead atoms. The van der Waals surface area contributed by atoms with Crippen molar-refractivity contribution in [3.63, 3.8) is 0 Å². The van der Waals surface area contributed by atoms with E-state index in [4.69, 9.17) is 16.0 Å². The number of hydrogen-bond donors (Lipinski definition) is 1. The molecule has 0 fully saturated rings. The SMILES string of the molecule is Clc1ccc2c(NCCCN(Cc3ccccc3)Cc3ccc(Br)o3)ccnc2c1. The van der Waals surface area contributed by atoms with Crippen LogP contribution < -0.4 is 5.32 Å². The van der Waals surface area contributed by atoms with E-state index in [2.05, 4.69) is 55.4 Å². The topological polar surface area (TPSA) is 41.3 Å². The van der Waals surface area contributed by atoms with Gasteiger partial charge in [-0.05, 0) is 64.3 Å². The first-order valence-electron chi connectivity index (χ1n) is 9.96. The number of pyridine rings is 1. The predicted molar refractivity (Wildman–Crippen MR) is 127 cm³/mol. The highest BCUT2D eigenvalue weighted by Gasteiger charge is 2.10. The standard InChI is InChI=1S/C24H23BrClN3O/c25-24-10-8-20(30-24)17-29(16-18-5-2-1-3-6-18)14-4-12-27-22-11-13-28-23-15-19(26)7-9-21(22)23/h1-3,5-11,13,15H,4,12,14,16-17H2,(H,27,28). The van der Waals surface area contributed by atoms with Crippen LogP contribution >= 0.6 is 27.5 Å². The summed E-state index contributed by atoms with van der Waals surface area (Å²) >= 11 is 9.48. The highest BCUT2D eigenvalue weighted by molar-refractivity contribution is 9.10. The van der Waals surface area contributed by atoms with Gasteiger partial charge < -0.3 is 9.73 Å². The lowest BCUT2D eigenvalue weighted by molar-refractivity contribution is 0.233. The van der Waals surface area contributed by atoms with Gasteiger partial charge in [0.1, 0.15) is 5.76 Å². The molecule has 2 heterocycles. The molecule has 0 saturated carbocycles. The summed E-state index contributed by atoms with van der Waals surface area (Å²) in [6, 6.07) is 22.3. The van der Waals surface area contributed by atoms with Gasteiger partial charge in [0.05, 0.1) is 12.1 Å². The Kier molecular flexibility index (Phi) is 7.05. The Balaban J connectivity index is 1.37. The summed E-state index contributed by atoms with van der Waals surface area (Å²) < 4.78 is 6.49. The smallest absolute Gasteiger partial charge is 0.169 e. The Morgan fingerprint density at radius 1 is 1.00 bits per heavy atom. The molecule has 4 aromatic rings. The maximum absolute atomic E-state index is 6.09. The van der Waals surface area contributed by atoms with Crippen LogP contribution in [0, 0.1) is 0 Å². The van der Waals surface area contributed by atoms with Gasteiger partial charge in [-0.2, -0.15) is 0 Å². The number of nitrogens with zero attached hydrogens (tertiary/aromatic N) is 2. The molecule has 0 radical (unpaired) electrons. The summed E-state index contributed by atoms with van der Waals surface area (Å²) in [5.74, 6) is 0.961. The summed E-state index contributed by atoms with van der Waals surface area (Å²) in [5, 5.41) is 5.34. The Morgan fingerprint density at radius 2 is 1.87 bits per heavy atom. The second-order valence-electron chi connectivity index (χ2n) is 7.20. The van der Waals surface area contributed by atoms with Gasteiger partial charge in [0.2, 0.25) is 0 Å². The Bertz CT molecular complexity index is 1100. The fraction of sp³-hybridized carbons (Fsp3) is 0.208. The predicted octanol–water partition coefficient (Wildman–Crippen LogP) is 6.75. The molecule has 0 atom stereocenters. The fourth-order valence-corrected chi connectivity index (χ4v) is 4.02. The van der Waals surface area contributed by atoms with Gasteiger partial charge in [-0.25, -0.2) is 0 Å². The minimum absolute atomic E-state index is 0.702. The molecule has 154 valence electrons. The van der Waals surface area contributed by atoms with Crippen LogP contribution in [0.25, 0.3) is 10.9 Å². The van der Waals surface area contributed by atoms with Crippen molar-refractivity contribution in [3.05, 3.63) is 93.9 Å². The molecule has 2 aromatic carbocycles. The first kappa shape index (κ1) is 20.9. The highest BCUT2D eigenvalue weighted by atomic mass is 79.9. The van der Waals surface area contributed by atoms with Crippen molar-refractivity contribution in [2.45, 2.75) is 19.5 Å². The first-order chi connectivity index (χ1) is 14.7. The molecule has 0 saturated heterocycles. The molecule has 6 heteroatoms. The van der Waals surface area contributed by atoms with E-state index in [1.54, 1.807) is 0 Å². The third-order valence-electron chi connectivity index (χ3n) is 4.93. The minimum Gasteiger partial charge on any atom is -0.453 e. The van der Waals surface area contributed by atoms with Gasteiger partial charge in [0.15, 0.2) is 4.67 Å². The second-order valence-corrected chi connectivity index (χ2v) is 8.42. The molecule has 0 aliphatic carbocycles. The zero-order valence-electron chi connectivity index (χ0n) is 16.5. The molecule has 0 unspecified atom stereocenters. The molecule has 0 aliphatic rings. The largest absolute Gasteiger partial charge is 0.453 e. The number of benzene rings is 2. The van der Waals surface area contributed by atoms with Crippen molar-refractivity contribution >= 4 is 44.1 Å². The maximum atomic E-state index is 6.09. The summed E-state index contributed by atoms with van der Waals surface area (Å²) in [4.78, 5) is 6.82. The van der Waals surface area contributed by atoms with Gasteiger partial charge in [0.25, 0.3) is 0 Å². The number of fused-ring (bicyclic) bond motifs is 1. The van der Waals surface area contributed by atoms with E-state index < -0.39 is 0 Å². The number of halogens is 2. The van der Waals surface area contributed by atoms with Gasteiger partial charge in [-0.1, -0.05) is 41.9 Å². The lowest BCUT2D eigenvalue weighted by atomic mass is 10.2. The number of nitrogens with one attached hydrogen (secondary N) is 1. The number of rotatable bonds is 9. The highest BCUT2D eigenvalue weighted by Crippen LogP contribution is 2.24. The monoisotopic (exact) mass is 483 g/mol. The van der Waals surface area contributed by atoms with Crippen molar-refractivity contribution in [3.8, 4) is 0 Å². The van der Waals surface area contributed by atoms with Crippen LogP contribution in [0.15, 0.2) is 82.0 Å². The second kappa shape index (κ2) is 10.1. The lowest BCUT2D eigenvalue weighted by Gasteiger charge is -2.21. The zero-order valence-corrected chi connectivity index (χ0v) is 18.9. The molecular formula is C24H23BrClN3O. The van der Waals surface area contributed by atoms with Gasteiger partial charge >= 0.3 is 0 Å². The summed E-state index contributed by atoms with van der Waals surface area (Å²) in [6.45, 7) is 3.48. The van der Waals surface area contributed by atoms with E-state index in [0.717, 1.165) is 59.6 Å². The van der Waals surface area contributed by atoms with Crippen molar-refractivity contribution in [1.82, 2.24) is 9.88 Å². The molecular weight excluding hydrogens is 462 g/mol. The number of aromatic nitrogens is 1. The Hall–Kier alpha value is -2.34. The minimum atomic E-state index is 0.702. The summed E-state index contributed by atoms with van der Waals surface area (Å²) in [7, 11) is 0. The maximum Gasteiger partial charge on any atom is 0.169 e. The van der Waals surface area contributed by atoms with E-state index in [0.29, 0.717) is 5.02 Å². The zero-order chi connectivity index (χ0) is 20.8. The van der Waals surface area contributed by atoms with Crippen molar-refractivity contribution in [1.29, 1.82) is 0 Å². The number of furan rings is 1. The quantitative estimate of drug-likeness (QED) is 0.267. The number of anilines is 1. The molecule has 0 spiro atoms. The van der Waals surface area contributed by atoms with E-state index in [1.807, 2.05) is 48.7 Å². The van der Waals surface area contributed by atoms with E-state index >= 15 is 0 Å². The Morgan fingerprint density at radius 3 is 2.67 bits per heavy atom. The van der Waals surface area contributed by atoms with Crippen LogP contribution in [0.5, 0.6) is 0 Å². The normalized spacial score (nSPS) is 11.3. The van der Waals surface area contributed by atoms with Crippen LogP contribution in [0.1, 0.15) is 17.7 Å². The third-order valence-corrected chi connectivity index (χ3v) is 5.59. The van der Waals surface area contributed by atoms with Crippen LogP contribution in [0.3, 0.4) is 0 Å². The Labute approximate surface area is 190 Å². The van der Waals surface area contributed by atoms with Crippen molar-refractivity contribution in [2.75, 3.05) is 18.4 Å². The van der Waals surface area contributed by atoms with Gasteiger partial charge in [-0.15, -0.1) is 0 Å². The van der Waals surface area contributed by atoms with Crippen molar-refractivity contribution in [2.24, 2.45) is 0 Å².